The lowest BCUT2D eigenvalue weighted by molar-refractivity contribution is -0.274. The van der Waals surface area contributed by atoms with Crippen LogP contribution in [-0.4, -0.2) is 62.9 Å². The minimum atomic E-state index is -4.88. The molecule has 0 aromatic heterocycles. The van der Waals surface area contributed by atoms with Crippen LogP contribution in [0.4, 0.5) is 18.0 Å². The Morgan fingerprint density at radius 2 is 1.81 bits per heavy atom. The van der Waals surface area contributed by atoms with Gasteiger partial charge in [0.2, 0.25) is 0 Å². The highest BCUT2D eigenvalue weighted by Crippen LogP contribution is 2.26. The number of nitrogens with one attached hydrogen (secondary N) is 1. The summed E-state index contributed by atoms with van der Waals surface area (Å²) in [5, 5.41) is 0. The Kier molecular flexibility index (Phi) is 6.89. The van der Waals surface area contributed by atoms with Crippen molar-refractivity contribution in [3.05, 3.63) is 29.8 Å². The van der Waals surface area contributed by atoms with E-state index in [1.807, 2.05) is 0 Å². The highest BCUT2D eigenvalue weighted by Gasteiger charge is 2.33. The van der Waals surface area contributed by atoms with Crippen molar-refractivity contribution in [1.82, 2.24) is 13.9 Å². The van der Waals surface area contributed by atoms with Crippen LogP contribution in [0.5, 0.6) is 5.75 Å². The van der Waals surface area contributed by atoms with Gasteiger partial charge in [0.25, 0.3) is 10.2 Å². The molecule has 1 amide bonds. The summed E-state index contributed by atoms with van der Waals surface area (Å²) < 4.78 is 74.2. The Morgan fingerprint density at radius 3 is 2.41 bits per heavy atom. The molecule has 0 bridgehead atoms. The number of hydrogen-bond donors (Lipinski definition) is 1. The quantitative estimate of drug-likeness (QED) is 0.770. The molecule has 1 N–H and O–H groups in total. The van der Waals surface area contributed by atoms with Crippen LogP contribution >= 0.6 is 0 Å². The summed E-state index contributed by atoms with van der Waals surface area (Å²) in [4.78, 5) is 13.0. The Hall–Kier alpha value is -2.05. The summed E-state index contributed by atoms with van der Waals surface area (Å²) in [6, 6.07) is 5.27. The highest BCUT2D eigenvalue weighted by molar-refractivity contribution is 7.87. The molecule has 12 heteroatoms. The van der Waals surface area contributed by atoms with Gasteiger partial charge in [0.05, 0.1) is 6.61 Å². The minimum absolute atomic E-state index is 0.0450. The predicted octanol–water partition coefficient (Wildman–Crippen LogP) is 1.69. The van der Waals surface area contributed by atoms with E-state index >= 15 is 0 Å². The minimum Gasteiger partial charge on any atom is -0.450 e. The first-order valence-corrected chi connectivity index (χ1v) is 9.56. The van der Waals surface area contributed by atoms with E-state index in [2.05, 4.69) is 9.46 Å². The summed E-state index contributed by atoms with van der Waals surface area (Å²) in [5.74, 6) is -0.472. The van der Waals surface area contributed by atoms with Crippen LogP contribution in [0.3, 0.4) is 0 Å². The van der Waals surface area contributed by atoms with Crippen molar-refractivity contribution in [2.75, 3.05) is 32.8 Å². The van der Waals surface area contributed by atoms with E-state index in [0.717, 1.165) is 10.4 Å². The second-order valence-electron chi connectivity index (χ2n) is 5.57. The summed E-state index contributed by atoms with van der Waals surface area (Å²) in [6.45, 7) is 1.94. The zero-order chi connectivity index (χ0) is 20.1. The molecule has 0 radical (unpaired) electrons. The molecule has 2 rings (SSSR count). The fourth-order valence-electron chi connectivity index (χ4n) is 2.46. The summed E-state index contributed by atoms with van der Waals surface area (Å²) in [5.41, 5.74) is 0.0450. The maximum absolute atomic E-state index is 12.4. The van der Waals surface area contributed by atoms with Gasteiger partial charge in [-0.05, 0) is 13.0 Å². The van der Waals surface area contributed by atoms with Crippen molar-refractivity contribution in [3.8, 4) is 5.75 Å². The maximum Gasteiger partial charge on any atom is 0.573 e. The Morgan fingerprint density at radius 1 is 1.19 bits per heavy atom. The number of para-hydroxylation sites is 1. The molecule has 1 fully saturated rings. The Balaban J connectivity index is 1.96. The van der Waals surface area contributed by atoms with E-state index in [-0.39, 0.29) is 44.9 Å². The number of amides is 1. The van der Waals surface area contributed by atoms with E-state index in [4.69, 9.17) is 4.74 Å². The Bertz CT molecular complexity index is 749. The second kappa shape index (κ2) is 8.76. The van der Waals surface area contributed by atoms with E-state index in [0.29, 0.717) is 0 Å². The third-order valence-corrected chi connectivity index (χ3v) is 5.30. The van der Waals surface area contributed by atoms with Crippen LogP contribution in [0.15, 0.2) is 24.3 Å². The number of carbonyl (C=O) groups excluding carboxylic acids is 1. The number of ether oxygens (including phenoxy) is 2. The molecule has 1 saturated heterocycles. The van der Waals surface area contributed by atoms with Crippen molar-refractivity contribution in [1.29, 1.82) is 0 Å². The van der Waals surface area contributed by atoms with Gasteiger partial charge in [-0.1, -0.05) is 18.2 Å². The van der Waals surface area contributed by atoms with Crippen LogP contribution < -0.4 is 9.46 Å². The topological polar surface area (TPSA) is 88.2 Å². The van der Waals surface area contributed by atoms with Crippen LogP contribution in [0.25, 0.3) is 0 Å². The molecule has 27 heavy (non-hydrogen) atoms. The third kappa shape index (κ3) is 6.26. The third-order valence-electron chi connectivity index (χ3n) is 3.75. The fraction of sp³-hybridized carbons (Fsp3) is 0.533. The van der Waals surface area contributed by atoms with Gasteiger partial charge in [-0.2, -0.15) is 17.4 Å². The molecular formula is C15H20F3N3O5S. The van der Waals surface area contributed by atoms with E-state index in [1.165, 1.54) is 23.1 Å². The molecular weight excluding hydrogens is 391 g/mol. The first-order valence-electron chi connectivity index (χ1n) is 8.12. The van der Waals surface area contributed by atoms with Gasteiger partial charge in [-0.25, -0.2) is 4.79 Å². The number of benzene rings is 1. The zero-order valence-corrected chi connectivity index (χ0v) is 15.3. The highest BCUT2D eigenvalue weighted by atomic mass is 32.2. The molecule has 0 aliphatic carbocycles. The molecule has 1 aliphatic rings. The average molecular weight is 411 g/mol. The van der Waals surface area contributed by atoms with Gasteiger partial charge in [-0.3, -0.25) is 0 Å². The van der Waals surface area contributed by atoms with Gasteiger partial charge >= 0.3 is 12.5 Å². The molecule has 1 heterocycles. The number of alkyl halides is 3. The molecule has 152 valence electrons. The lowest BCUT2D eigenvalue weighted by Crippen LogP contribution is -2.53. The maximum atomic E-state index is 12.4. The van der Waals surface area contributed by atoms with E-state index < -0.39 is 28.4 Å². The van der Waals surface area contributed by atoms with Crippen molar-refractivity contribution < 1.29 is 35.9 Å². The molecule has 0 atom stereocenters. The SMILES string of the molecule is CCOC(=O)N1CCN(S(=O)(=O)NCc2ccccc2OC(F)(F)F)CC1. The number of halogens is 3. The van der Waals surface area contributed by atoms with Gasteiger partial charge in [0.1, 0.15) is 5.75 Å². The van der Waals surface area contributed by atoms with Crippen molar-refractivity contribution in [3.63, 3.8) is 0 Å². The fourth-order valence-corrected chi connectivity index (χ4v) is 3.62. The number of hydrogen-bond acceptors (Lipinski definition) is 5. The number of rotatable bonds is 6. The molecule has 1 aromatic rings. The molecule has 0 unspecified atom stereocenters. The molecule has 0 spiro atoms. The van der Waals surface area contributed by atoms with Gasteiger partial charge in [-0.15, -0.1) is 13.2 Å². The number of nitrogens with zero attached hydrogens (tertiary/aromatic N) is 2. The van der Waals surface area contributed by atoms with Crippen LogP contribution in [-0.2, 0) is 21.5 Å². The lowest BCUT2D eigenvalue weighted by Gasteiger charge is -2.33. The van der Waals surface area contributed by atoms with Crippen molar-refractivity contribution in [2.24, 2.45) is 0 Å². The van der Waals surface area contributed by atoms with Crippen LogP contribution in [0.1, 0.15) is 12.5 Å². The molecule has 0 saturated carbocycles. The van der Waals surface area contributed by atoms with E-state index in [1.54, 1.807) is 6.92 Å². The molecule has 1 aromatic carbocycles. The van der Waals surface area contributed by atoms with Crippen LogP contribution in [0, 0.1) is 0 Å². The standard InChI is InChI=1S/C15H20F3N3O5S/c1-2-25-14(22)20-7-9-21(10-8-20)27(23,24)19-11-12-5-3-4-6-13(12)26-15(16,17)18/h3-6,19H,2,7-11H2,1H3. The monoisotopic (exact) mass is 411 g/mol. The molecule has 1 aliphatic heterocycles. The van der Waals surface area contributed by atoms with Gasteiger partial charge in [0, 0.05) is 38.3 Å². The summed E-state index contributed by atoms with van der Waals surface area (Å²) in [7, 11) is -3.94. The second-order valence-corrected chi connectivity index (χ2v) is 7.32. The molecule has 8 nitrogen and oxygen atoms in total. The number of piperazine rings is 1. The van der Waals surface area contributed by atoms with Crippen molar-refractivity contribution in [2.45, 2.75) is 19.8 Å². The average Bonchev–Trinajstić information content (AvgIpc) is 2.60. The van der Waals surface area contributed by atoms with Gasteiger partial charge in [0.15, 0.2) is 0 Å². The zero-order valence-electron chi connectivity index (χ0n) is 14.5. The first-order chi connectivity index (χ1) is 12.6. The normalized spacial score (nSPS) is 16.2. The lowest BCUT2D eigenvalue weighted by atomic mass is 10.2. The number of carbonyl (C=O) groups is 1. The van der Waals surface area contributed by atoms with E-state index in [9.17, 15) is 26.4 Å². The first kappa shape index (κ1) is 21.3. The van der Waals surface area contributed by atoms with Gasteiger partial charge < -0.3 is 14.4 Å². The smallest absolute Gasteiger partial charge is 0.450 e. The Labute approximate surface area is 155 Å². The largest absolute Gasteiger partial charge is 0.573 e. The predicted molar refractivity (Wildman–Crippen MR) is 89.1 cm³/mol. The van der Waals surface area contributed by atoms with Crippen LogP contribution in [0.2, 0.25) is 0 Å². The van der Waals surface area contributed by atoms with Crippen molar-refractivity contribution >= 4 is 16.3 Å². The summed E-state index contributed by atoms with van der Waals surface area (Å²) >= 11 is 0. The summed E-state index contributed by atoms with van der Waals surface area (Å²) in [6.07, 6.45) is -5.39.